The normalized spacial score (nSPS) is 22.4. The maximum atomic E-state index is 11.7. The Kier molecular flexibility index (Phi) is 4.26. The molecule has 3 nitrogen and oxygen atoms in total. The zero-order valence-corrected chi connectivity index (χ0v) is 9.82. The predicted octanol–water partition coefficient (Wildman–Crippen LogP) is 0.841. The van der Waals surface area contributed by atoms with E-state index in [-0.39, 0.29) is 5.91 Å². The lowest BCUT2D eigenvalue weighted by Crippen LogP contribution is -2.43. The molecule has 4 heteroatoms. The predicted molar refractivity (Wildman–Crippen MR) is 61.3 cm³/mol. The van der Waals surface area contributed by atoms with Crippen molar-refractivity contribution in [3.8, 4) is 0 Å². The van der Waals surface area contributed by atoms with Crippen LogP contribution in [0.4, 0.5) is 0 Å². The molecule has 82 valence electrons. The lowest BCUT2D eigenvalue weighted by Gasteiger charge is -2.22. The van der Waals surface area contributed by atoms with Gasteiger partial charge in [-0.2, -0.15) is 11.8 Å². The summed E-state index contributed by atoms with van der Waals surface area (Å²) in [5.74, 6) is 3.17. The third kappa shape index (κ3) is 3.17. The zero-order chi connectivity index (χ0) is 10.6. The summed E-state index contributed by atoms with van der Waals surface area (Å²) in [4.78, 5) is 11.7. The first-order valence-corrected chi connectivity index (χ1v) is 6.28. The summed E-state index contributed by atoms with van der Waals surface area (Å²) in [5.41, 5.74) is 5.10. The van der Waals surface area contributed by atoms with E-state index in [1.54, 1.807) is 0 Å². The molecule has 1 aliphatic heterocycles. The molecule has 1 rings (SSSR count). The van der Waals surface area contributed by atoms with Gasteiger partial charge in [-0.15, -0.1) is 0 Å². The van der Waals surface area contributed by atoms with Gasteiger partial charge < -0.3 is 11.1 Å². The Morgan fingerprint density at radius 2 is 2.36 bits per heavy atom. The highest BCUT2D eigenvalue weighted by atomic mass is 32.2. The summed E-state index contributed by atoms with van der Waals surface area (Å²) in [6.45, 7) is 4.98. The van der Waals surface area contributed by atoms with E-state index in [1.165, 1.54) is 17.9 Å². The molecule has 0 bridgehead atoms. The smallest absolute Gasteiger partial charge is 0.226 e. The Balaban J connectivity index is 2.26. The highest BCUT2D eigenvalue weighted by Gasteiger charge is 2.26. The van der Waals surface area contributed by atoms with E-state index in [4.69, 9.17) is 5.73 Å². The topological polar surface area (TPSA) is 55.1 Å². The van der Waals surface area contributed by atoms with Crippen LogP contribution < -0.4 is 11.1 Å². The standard InChI is InChI=1S/C10H20N2OS/c1-10(2,7-11)9(13)12-5-8-3-4-14-6-8/h8H,3-7,11H2,1-2H3,(H,12,13). The monoisotopic (exact) mass is 216 g/mol. The van der Waals surface area contributed by atoms with Crippen LogP contribution in [0.3, 0.4) is 0 Å². The van der Waals surface area contributed by atoms with Crippen molar-refractivity contribution in [2.24, 2.45) is 17.1 Å². The van der Waals surface area contributed by atoms with Gasteiger partial charge in [0.05, 0.1) is 5.41 Å². The molecule has 0 spiro atoms. The van der Waals surface area contributed by atoms with E-state index >= 15 is 0 Å². The molecular weight excluding hydrogens is 196 g/mol. The fraction of sp³-hybridized carbons (Fsp3) is 0.900. The lowest BCUT2D eigenvalue weighted by molar-refractivity contribution is -0.129. The molecule has 0 aromatic heterocycles. The van der Waals surface area contributed by atoms with Gasteiger partial charge in [0, 0.05) is 13.1 Å². The van der Waals surface area contributed by atoms with Gasteiger partial charge in [-0.1, -0.05) is 0 Å². The van der Waals surface area contributed by atoms with E-state index in [0.717, 1.165) is 6.54 Å². The molecule has 0 aromatic carbocycles. The molecule has 0 radical (unpaired) electrons. The Labute approximate surface area is 90.2 Å². The van der Waals surface area contributed by atoms with E-state index < -0.39 is 5.41 Å². The summed E-state index contributed by atoms with van der Waals surface area (Å²) in [5, 5.41) is 2.98. The number of hydrogen-bond acceptors (Lipinski definition) is 3. The van der Waals surface area contributed by atoms with Crippen LogP contribution >= 0.6 is 11.8 Å². The van der Waals surface area contributed by atoms with E-state index in [0.29, 0.717) is 12.5 Å². The molecule has 1 heterocycles. The molecule has 1 unspecified atom stereocenters. The highest BCUT2D eigenvalue weighted by molar-refractivity contribution is 7.99. The van der Waals surface area contributed by atoms with E-state index in [9.17, 15) is 4.79 Å². The summed E-state index contributed by atoms with van der Waals surface area (Å²) in [7, 11) is 0. The fourth-order valence-corrected chi connectivity index (χ4v) is 2.60. The van der Waals surface area contributed by atoms with Gasteiger partial charge in [0.15, 0.2) is 0 Å². The minimum Gasteiger partial charge on any atom is -0.355 e. The first-order valence-electron chi connectivity index (χ1n) is 5.12. The number of thioether (sulfide) groups is 1. The van der Waals surface area contributed by atoms with Crippen molar-refractivity contribution in [2.45, 2.75) is 20.3 Å². The molecule has 0 aliphatic carbocycles. The van der Waals surface area contributed by atoms with E-state index in [1.807, 2.05) is 25.6 Å². The number of rotatable bonds is 4. The van der Waals surface area contributed by atoms with Crippen LogP contribution in [0.2, 0.25) is 0 Å². The number of nitrogens with two attached hydrogens (primary N) is 1. The van der Waals surface area contributed by atoms with Crippen LogP contribution in [-0.2, 0) is 4.79 Å². The SMILES string of the molecule is CC(C)(CN)C(=O)NCC1CCSC1. The second-order valence-electron chi connectivity index (χ2n) is 4.53. The van der Waals surface area contributed by atoms with Crippen LogP contribution in [-0.4, -0.2) is 30.5 Å². The van der Waals surface area contributed by atoms with Gasteiger partial charge in [-0.25, -0.2) is 0 Å². The molecule has 1 saturated heterocycles. The molecule has 3 N–H and O–H groups in total. The van der Waals surface area contributed by atoms with Crippen LogP contribution in [0, 0.1) is 11.3 Å². The van der Waals surface area contributed by atoms with Crippen LogP contribution in [0.25, 0.3) is 0 Å². The number of carbonyl (C=O) groups excluding carboxylic acids is 1. The molecule has 1 aliphatic rings. The quantitative estimate of drug-likeness (QED) is 0.732. The van der Waals surface area contributed by atoms with Crippen molar-refractivity contribution in [3.05, 3.63) is 0 Å². The van der Waals surface area contributed by atoms with Crippen molar-refractivity contribution in [3.63, 3.8) is 0 Å². The zero-order valence-electron chi connectivity index (χ0n) is 9.01. The Bertz CT molecular complexity index is 200. The van der Waals surface area contributed by atoms with Gasteiger partial charge in [0.25, 0.3) is 0 Å². The molecule has 0 aromatic rings. The number of nitrogens with one attached hydrogen (secondary N) is 1. The molecular formula is C10H20N2OS. The lowest BCUT2D eigenvalue weighted by atomic mass is 9.92. The summed E-state index contributed by atoms with van der Waals surface area (Å²) in [6.07, 6.45) is 1.23. The van der Waals surface area contributed by atoms with Crippen molar-refractivity contribution >= 4 is 17.7 Å². The van der Waals surface area contributed by atoms with Gasteiger partial charge >= 0.3 is 0 Å². The van der Waals surface area contributed by atoms with Gasteiger partial charge in [0.2, 0.25) is 5.91 Å². The van der Waals surface area contributed by atoms with Crippen LogP contribution in [0.5, 0.6) is 0 Å². The second-order valence-corrected chi connectivity index (χ2v) is 5.68. The Morgan fingerprint density at radius 1 is 1.64 bits per heavy atom. The summed E-state index contributed by atoms with van der Waals surface area (Å²) >= 11 is 1.97. The number of carbonyl (C=O) groups is 1. The van der Waals surface area contributed by atoms with Crippen molar-refractivity contribution in [1.82, 2.24) is 5.32 Å². The Hall–Kier alpha value is -0.220. The minimum atomic E-state index is -0.425. The average Bonchev–Trinajstić information content (AvgIpc) is 2.66. The molecule has 14 heavy (non-hydrogen) atoms. The van der Waals surface area contributed by atoms with Crippen molar-refractivity contribution in [2.75, 3.05) is 24.6 Å². The third-order valence-electron chi connectivity index (χ3n) is 2.70. The molecule has 0 saturated carbocycles. The fourth-order valence-electron chi connectivity index (χ4n) is 1.31. The van der Waals surface area contributed by atoms with Gasteiger partial charge in [-0.05, 0) is 37.7 Å². The van der Waals surface area contributed by atoms with Gasteiger partial charge in [0.1, 0.15) is 0 Å². The third-order valence-corrected chi connectivity index (χ3v) is 3.93. The largest absolute Gasteiger partial charge is 0.355 e. The minimum absolute atomic E-state index is 0.0805. The van der Waals surface area contributed by atoms with Crippen molar-refractivity contribution in [1.29, 1.82) is 0 Å². The average molecular weight is 216 g/mol. The first kappa shape index (κ1) is 11.9. The number of hydrogen-bond donors (Lipinski definition) is 2. The number of amides is 1. The van der Waals surface area contributed by atoms with Crippen molar-refractivity contribution < 1.29 is 4.79 Å². The molecule has 1 atom stereocenters. The maximum Gasteiger partial charge on any atom is 0.226 e. The molecule has 1 fully saturated rings. The van der Waals surface area contributed by atoms with Gasteiger partial charge in [-0.3, -0.25) is 4.79 Å². The summed E-state index contributed by atoms with van der Waals surface area (Å²) in [6, 6.07) is 0. The van der Waals surface area contributed by atoms with Crippen LogP contribution in [0.15, 0.2) is 0 Å². The highest BCUT2D eigenvalue weighted by Crippen LogP contribution is 2.23. The van der Waals surface area contributed by atoms with Crippen LogP contribution in [0.1, 0.15) is 20.3 Å². The molecule has 1 amide bonds. The first-order chi connectivity index (χ1) is 6.56. The Morgan fingerprint density at radius 3 is 2.86 bits per heavy atom. The van der Waals surface area contributed by atoms with E-state index in [2.05, 4.69) is 5.32 Å². The second kappa shape index (κ2) is 5.03. The maximum absolute atomic E-state index is 11.7. The summed E-state index contributed by atoms with van der Waals surface area (Å²) < 4.78 is 0.